The van der Waals surface area contributed by atoms with Crippen molar-refractivity contribution in [3.63, 3.8) is 0 Å². The van der Waals surface area contributed by atoms with Gasteiger partial charge in [-0.2, -0.15) is 0 Å². The molecule has 2 aliphatic heterocycles. The van der Waals surface area contributed by atoms with Gasteiger partial charge in [0.05, 0.1) is 6.04 Å². The Morgan fingerprint density at radius 2 is 1.71 bits per heavy atom. The van der Waals surface area contributed by atoms with E-state index >= 15 is 0 Å². The van der Waals surface area contributed by atoms with E-state index in [0.29, 0.717) is 25.2 Å². The summed E-state index contributed by atoms with van der Waals surface area (Å²) in [4.78, 5) is 44.9. The number of carbonyl (C=O) groups is 3. The van der Waals surface area contributed by atoms with Crippen LogP contribution in [0.1, 0.15) is 42.0 Å². The highest BCUT2D eigenvalue weighted by atomic mass is 16.2. The molecule has 35 heavy (non-hydrogen) atoms. The number of piperazine rings is 1. The number of amides is 3. The minimum absolute atomic E-state index is 0.0363. The lowest BCUT2D eigenvalue weighted by Gasteiger charge is -2.36. The number of rotatable bonds is 3. The van der Waals surface area contributed by atoms with E-state index in [1.807, 2.05) is 67.3 Å². The van der Waals surface area contributed by atoms with Crippen molar-refractivity contribution in [1.82, 2.24) is 15.1 Å². The first-order valence-electron chi connectivity index (χ1n) is 12.7. The zero-order chi connectivity index (χ0) is 24.5. The van der Waals surface area contributed by atoms with Crippen LogP contribution in [0, 0.1) is 25.7 Å². The Kier molecular flexibility index (Phi) is 6.60. The van der Waals surface area contributed by atoms with Gasteiger partial charge in [-0.15, -0.1) is 0 Å². The zero-order valence-electron chi connectivity index (χ0n) is 20.5. The number of aryl methyl sites for hydroxylation is 2. The lowest BCUT2D eigenvalue weighted by Crippen LogP contribution is -2.55. The van der Waals surface area contributed by atoms with E-state index in [2.05, 4.69) is 10.6 Å². The third-order valence-electron chi connectivity index (χ3n) is 7.71. The van der Waals surface area contributed by atoms with Crippen molar-refractivity contribution in [3.8, 4) is 0 Å². The third kappa shape index (κ3) is 4.57. The molecule has 7 heteroatoms. The number of ketones is 1. The number of fused-ring (bicyclic) bond motifs is 1. The van der Waals surface area contributed by atoms with Crippen LogP contribution in [0.5, 0.6) is 0 Å². The summed E-state index contributed by atoms with van der Waals surface area (Å²) in [7, 11) is 0. The van der Waals surface area contributed by atoms with E-state index < -0.39 is 12.1 Å². The number of nitrogens with zero attached hydrogens (tertiary/aromatic N) is 2. The highest BCUT2D eigenvalue weighted by molar-refractivity contribution is 5.97. The SMILES string of the molecule is Cc1cccc(NC(=O)N2C(C(=O)N3CCNCC3)C3CCCC(=O)C3C2c2cccc(C)c2)c1. The van der Waals surface area contributed by atoms with Gasteiger partial charge >= 0.3 is 6.03 Å². The molecule has 4 unspecified atom stereocenters. The van der Waals surface area contributed by atoms with Crippen LogP contribution in [0.2, 0.25) is 0 Å². The normalized spacial score (nSPS) is 26.4. The summed E-state index contributed by atoms with van der Waals surface area (Å²) in [5.41, 5.74) is 3.72. The van der Waals surface area contributed by atoms with Crippen LogP contribution >= 0.6 is 0 Å². The summed E-state index contributed by atoms with van der Waals surface area (Å²) in [6, 6.07) is 14.2. The molecular weight excluding hydrogens is 440 g/mol. The minimum Gasteiger partial charge on any atom is -0.338 e. The molecule has 2 aromatic carbocycles. The molecule has 2 saturated heterocycles. The van der Waals surface area contributed by atoms with E-state index in [4.69, 9.17) is 0 Å². The summed E-state index contributed by atoms with van der Waals surface area (Å²) in [6.07, 6.45) is 2.04. The highest BCUT2D eigenvalue weighted by Crippen LogP contribution is 2.50. The zero-order valence-corrected chi connectivity index (χ0v) is 20.5. The standard InChI is InChI=1S/C28H34N4O3/c1-18-6-3-8-20(16-18)25-24-22(10-5-11-23(24)33)26(27(34)31-14-12-29-13-15-31)32(25)28(35)30-21-9-4-7-19(2)17-21/h3-4,6-9,16-17,22,24-26,29H,5,10-15H2,1-2H3,(H,30,35). The predicted molar refractivity (Wildman–Crippen MR) is 135 cm³/mol. The topological polar surface area (TPSA) is 81.8 Å². The summed E-state index contributed by atoms with van der Waals surface area (Å²) >= 11 is 0. The number of benzene rings is 2. The summed E-state index contributed by atoms with van der Waals surface area (Å²) in [6.45, 7) is 6.70. The summed E-state index contributed by atoms with van der Waals surface area (Å²) in [5, 5.41) is 6.34. The molecule has 2 N–H and O–H groups in total. The van der Waals surface area contributed by atoms with Gasteiger partial charge in [0.1, 0.15) is 11.8 Å². The second kappa shape index (κ2) is 9.82. The fourth-order valence-corrected chi connectivity index (χ4v) is 6.17. The number of urea groups is 1. The smallest absolute Gasteiger partial charge is 0.323 e. The number of anilines is 1. The molecule has 3 amide bonds. The fraction of sp³-hybridized carbons (Fsp3) is 0.464. The molecule has 1 aliphatic carbocycles. The van der Waals surface area contributed by atoms with Crippen molar-refractivity contribution in [1.29, 1.82) is 0 Å². The van der Waals surface area contributed by atoms with Gasteiger partial charge in [0.2, 0.25) is 5.91 Å². The van der Waals surface area contributed by atoms with Crippen molar-refractivity contribution in [2.45, 2.75) is 45.2 Å². The molecule has 0 aromatic heterocycles. The number of nitrogens with one attached hydrogen (secondary N) is 2. The van der Waals surface area contributed by atoms with Crippen molar-refractivity contribution in [3.05, 3.63) is 65.2 Å². The molecule has 3 fully saturated rings. The lowest BCUT2D eigenvalue weighted by atomic mass is 9.73. The average molecular weight is 475 g/mol. The maximum atomic E-state index is 14.0. The van der Waals surface area contributed by atoms with Gasteiger partial charge in [-0.3, -0.25) is 9.59 Å². The van der Waals surface area contributed by atoms with E-state index in [0.717, 1.165) is 42.6 Å². The number of likely N-dealkylation sites (tertiary alicyclic amines) is 1. The fourth-order valence-electron chi connectivity index (χ4n) is 6.17. The van der Waals surface area contributed by atoms with Crippen LogP contribution in [-0.4, -0.2) is 59.7 Å². The van der Waals surface area contributed by atoms with Crippen molar-refractivity contribution in [2.75, 3.05) is 31.5 Å². The van der Waals surface area contributed by atoms with Gasteiger partial charge in [0.15, 0.2) is 0 Å². The number of hydrogen-bond acceptors (Lipinski definition) is 4. The van der Waals surface area contributed by atoms with Crippen LogP contribution < -0.4 is 10.6 Å². The first-order chi connectivity index (χ1) is 16.9. The first-order valence-corrected chi connectivity index (χ1v) is 12.7. The largest absolute Gasteiger partial charge is 0.338 e. The average Bonchev–Trinajstić information content (AvgIpc) is 3.21. The minimum atomic E-state index is -0.655. The van der Waals surface area contributed by atoms with Gasteiger partial charge in [-0.1, -0.05) is 42.0 Å². The number of hydrogen-bond donors (Lipinski definition) is 2. The Morgan fingerprint density at radius 1 is 1.00 bits per heavy atom. The van der Waals surface area contributed by atoms with Crippen LogP contribution in [-0.2, 0) is 9.59 Å². The second-order valence-corrected chi connectivity index (χ2v) is 10.1. The van der Waals surface area contributed by atoms with Crippen LogP contribution in [0.25, 0.3) is 0 Å². The van der Waals surface area contributed by atoms with E-state index in [9.17, 15) is 14.4 Å². The van der Waals surface area contributed by atoms with Crippen molar-refractivity contribution >= 4 is 23.4 Å². The molecule has 1 saturated carbocycles. The van der Waals surface area contributed by atoms with Crippen LogP contribution in [0.4, 0.5) is 10.5 Å². The maximum Gasteiger partial charge on any atom is 0.323 e. The van der Waals surface area contributed by atoms with Gasteiger partial charge in [0, 0.05) is 50.1 Å². The molecule has 0 bridgehead atoms. The molecule has 4 atom stereocenters. The molecule has 5 rings (SSSR count). The number of Topliss-reactive ketones (excluding diaryl/α,β-unsaturated/α-hetero) is 1. The van der Waals surface area contributed by atoms with E-state index in [1.54, 1.807) is 4.90 Å². The quantitative estimate of drug-likeness (QED) is 0.711. The Labute approximate surface area is 206 Å². The Morgan fingerprint density at radius 3 is 2.43 bits per heavy atom. The molecule has 2 heterocycles. The summed E-state index contributed by atoms with van der Waals surface area (Å²) in [5.74, 6) is -0.416. The van der Waals surface area contributed by atoms with E-state index in [-0.39, 0.29) is 29.6 Å². The van der Waals surface area contributed by atoms with Crippen LogP contribution in [0.15, 0.2) is 48.5 Å². The van der Waals surface area contributed by atoms with Crippen molar-refractivity contribution < 1.29 is 14.4 Å². The Bertz CT molecular complexity index is 1130. The molecule has 3 aliphatic rings. The van der Waals surface area contributed by atoms with Gasteiger partial charge in [0.25, 0.3) is 0 Å². The first kappa shape index (κ1) is 23.5. The molecule has 184 valence electrons. The molecule has 2 aromatic rings. The molecule has 0 spiro atoms. The summed E-state index contributed by atoms with van der Waals surface area (Å²) < 4.78 is 0. The second-order valence-electron chi connectivity index (χ2n) is 10.1. The molecule has 7 nitrogen and oxygen atoms in total. The number of carbonyl (C=O) groups excluding carboxylic acids is 3. The van der Waals surface area contributed by atoms with Crippen LogP contribution in [0.3, 0.4) is 0 Å². The molecular formula is C28H34N4O3. The third-order valence-corrected chi connectivity index (χ3v) is 7.71. The van der Waals surface area contributed by atoms with Crippen molar-refractivity contribution in [2.24, 2.45) is 11.8 Å². The predicted octanol–water partition coefficient (Wildman–Crippen LogP) is 3.68. The Hall–Kier alpha value is -3.19. The maximum absolute atomic E-state index is 14.0. The van der Waals surface area contributed by atoms with Gasteiger partial charge < -0.3 is 20.4 Å². The lowest BCUT2D eigenvalue weighted by molar-refractivity contribution is -0.137. The monoisotopic (exact) mass is 474 g/mol. The van der Waals surface area contributed by atoms with Gasteiger partial charge in [-0.05, 0) is 49.9 Å². The molecule has 0 radical (unpaired) electrons. The van der Waals surface area contributed by atoms with E-state index in [1.165, 1.54) is 0 Å². The highest BCUT2D eigenvalue weighted by Gasteiger charge is 2.58. The Balaban J connectivity index is 1.58. The van der Waals surface area contributed by atoms with Gasteiger partial charge in [-0.25, -0.2) is 4.79 Å².